The van der Waals surface area contributed by atoms with E-state index in [9.17, 15) is 9.59 Å². The van der Waals surface area contributed by atoms with Gasteiger partial charge in [0, 0.05) is 12.6 Å². The maximum atomic E-state index is 13.0. The molecule has 0 aliphatic rings. The molecule has 0 saturated heterocycles. The second-order valence-corrected chi connectivity index (χ2v) is 7.60. The highest BCUT2D eigenvalue weighted by atomic mass is 16.5. The maximum Gasteiger partial charge on any atom is 0.261 e. The van der Waals surface area contributed by atoms with Gasteiger partial charge in [0.05, 0.1) is 0 Å². The summed E-state index contributed by atoms with van der Waals surface area (Å²) in [6, 6.07) is 15.0. The first kappa shape index (κ1) is 22.5. The van der Waals surface area contributed by atoms with E-state index in [2.05, 4.69) is 5.32 Å². The average Bonchev–Trinajstić information content (AvgIpc) is 2.72. The fourth-order valence-electron chi connectivity index (χ4n) is 2.80. The largest absolute Gasteiger partial charge is 0.484 e. The summed E-state index contributed by atoms with van der Waals surface area (Å²) in [5.74, 6) is 0.254. The summed E-state index contributed by atoms with van der Waals surface area (Å²) in [4.78, 5) is 27.2. The maximum absolute atomic E-state index is 13.0. The van der Waals surface area contributed by atoms with Crippen LogP contribution in [0.15, 0.2) is 48.5 Å². The van der Waals surface area contributed by atoms with Gasteiger partial charge >= 0.3 is 0 Å². The van der Waals surface area contributed by atoms with Crippen LogP contribution in [0.4, 0.5) is 0 Å². The van der Waals surface area contributed by atoms with Crippen molar-refractivity contribution in [1.82, 2.24) is 10.2 Å². The lowest BCUT2D eigenvalue weighted by atomic mass is 10.1. The molecule has 0 spiro atoms. The van der Waals surface area contributed by atoms with E-state index in [1.165, 1.54) is 0 Å². The molecule has 2 atom stereocenters. The van der Waals surface area contributed by atoms with Gasteiger partial charge in [-0.2, -0.15) is 0 Å². The zero-order valence-electron chi connectivity index (χ0n) is 18.1. The molecule has 0 saturated carbocycles. The summed E-state index contributed by atoms with van der Waals surface area (Å²) in [6.07, 6.45) is 0.834. The zero-order chi connectivity index (χ0) is 21.4. The molecule has 0 fully saturated rings. The van der Waals surface area contributed by atoms with Crippen LogP contribution in [-0.2, 0) is 16.1 Å². The van der Waals surface area contributed by atoms with Crippen LogP contribution in [0, 0.1) is 13.8 Å². The van der Waals surface area contributed by atoms with Gasteiger partial charge in [-0.15, -0.1) is 0 Å². The van der Waals surface area contributed by atoms with Crippen molar-refractivity contribution in [2.45, 2.75) is 59.7 Å². The van der Waals surface area contributed by atoms with Gasteiger partial charge in [0.15, 0.2) is 6.61 Å². The first-order chi connectivity index (χ1) is 13.8. The van der Waals surface area contributed by atoms with Crippen molar-refractivity contribution >= 4 is 11.8 Å². The number of nitrogens with zero attached hydrogens (tertiary/aromatic N) is 1. The number of amides is 2. The fraction of sp³-hybridized carbons (Fsp3) is 0.417. The lowest BCUT2D eigenvalue weighted by molar-refractivity contribution is -0.142. The summed E-state index contributed by atoms with van der Waals surface area (Å²) in [5, 5.41) is 2.97. The van der Waals surface area contributed by atoms with Crippen molar-refractivity contribution in [3.05, 3.63) is 65.2 Å². The van der Waals surface area contributed by atoms with Gasteiger partial charge < -0.3 is 15.0 Å². The van der Waals surface area contributed by atoms with Gasteiger partial charge in [-0.25, -0.2) is 0 Å². The van der Waals surface area contributed by atoms with Crippen LogP contribution in [0.2, 0.25) is 0 Å². The van der Waals surface area contributed by atoms with E-state index in [1.807, 2.05) is 76.2 Å². The third-order valence-corrected chi connectivity index (χ3v) is 5.03. The molecular formula is C24H32N2O3. The summed E-state index contributed by atoms with van der Waals surface area (Å²) >= 11 is 0. The molecule has 0 aliphatic carbocycles. The smallest absolute Gasteiger partial charge is 0.261 e. The summed E-state index contributed by atoms with van der Waals surface area (Å²) in [6.45, 7) is 9.98. The second kappa shape index (κ2) is 10.6. The second-order valence-electron chi connectivity index (χ2n) is 7.60. The highest BCUT2D eigenvalue weighted by molar-refractivity contribution is 5.88. The molecule has 0 unspecified atom stereocenters. The van der Waals surface area contributed by atoms with Crippen LogP contribution in [0.3, 0.4) is 0 Å². The quantitative estimate of drug-likeness (QED) is 0.697. The number of hydrogen-bond donors (Lipinski definition) is 1. The van der Waals surface area contributed by atoms with Crippen molar-refractivity contribution < 1.29 is 14.3 Å². The molecule has 2 amide bonds. The molecule has 29 heavy (non-hydrogen) atoms. The van der Waals surface area contributed by atoms with Crippen molar-refractivity contribution in [2.24, 2.45) is 0 Å². The number of hydrogen-bond acceptors (Lipinski definition) is 3. The molecule has 2 aromatic carbocycles. The summed E-state index contributed by atoms with van der Waals surface area (Å²) in [5.41, 5.74) is 3.25. The van der Waals surface area contributed by atoms with E-state index >= 15 is 0 Å². The van der Waals surface area contributed by atoms with Gasteiger partial charge in [0.25, 0.3) is 5.91 Å². The van der Waals surface area contributed by atoms with Gasteiger partial charge in [-0.3, -0.25) is 9.59 Å². The Hall–Kier alpha value is -2.82. The molecule has 5 nitrogen and oxygen atoms in total. The Bertz CT molecular complexity index is 800. The van der Waals surface area contributed by atoms with Crippen LogP contribution in [0.5, 0.6) is 5.75 Å². The van der Waals surface area contributed by atoms with Crippen LogP contribution < -0.4 is 10.1 Å². The van der Waals surface area contributed by atoms with Crippen LogP contribution in [0.25, 0.3) is 0 Å². The number of nitrogens with one attached hydrogen (secondary N) is 1. The van der Waals surface area contributed by atoms with Crippen LogP contribution >= 0.6 is 0 Å². The standard InChI is InChI=1S/C24H32N2O3/c1-6-19(4)25-24(28)20(5)26(15-21-11-7-17(2)8-12-21)23(27)16-29-22-13-9-18(3)10-14-22/h7-14,19-20H,6,15-16H2,1-5H3,(H,25,28)/t19-,20-/m1/s1. The summed E-state index contributed by atoms with van der Waals surface area (Å²) in [7, 11) is 0. The van der Waals surface area contributed by atoms with Gasteiger partial charge in [-0.05, 0) is 51.8 Å². The topological polar surface area (TPSA) is 58.6 Å². The molecule has 0 bridgehead atoms. The third kappa shape index (κ3) is 6.93. The van der Waals surface area contributed by atoms with Crippen molar-refractivity contribution in [3.8, 4) is 5.75 Å². The zero-order valence-corrected chi connectivity index (χ0v) is 18.1. The first-order valence-electron chi connectivity index (χ1n) is 10.1. The fourth-order valence-corrected chi connectivity index (χ4v) is 2.80. The minimum Gasteiger partial charge on any atom is -0.484 e. The van der Waals surface area contributed by atoms with E-state index in [0.29, 0.717) is 12.3 Å². The normalized spacial score (nSPS) is 12.7. The monoisotopic (exact) mass is 396 g/mol. The van der Waals surface area contributed by atoms with Crippen LogP contribution in [0.1, 0.15) is 43.9 Å². The Morgan fingerprint density at radius 1 is 0.966 bits per heavy atom. The van der Waals surface area contributed by atoms with Gasteiger partial charge in [0.2, 0.25) is 5.91 Å². The number of rotatable bonds is 9. The lowest BCUT2D eigenvalue weighted by Crippen LogP contribution is -2.50. The third-order valence-electron chi connectivity index (χ3n) is 5.03. The minimum atomic E-state index is -0.598. The van der Waals surface area contributed by atoms with Crippen molar-refractivity contribution in [2.75, 3.05) is 6.61 Å². The number of benzene rings is 2. The molecule has 5 heteroatoms. The Morgan fingerprint density at radius 2 is 1.52 bits per heavy atom. The molecular weight excluding hydrogens is 364 g/mol. The molecule has 2 rings (SSSR count). The SMILES string of the molecule is CC[C@@H](C)NC(=O)[C@@H](C)N(Cc1ccc(C)cc1)C(=O)COc1ccc(C)cc1. The van der Waals surface area contributed by atoms with E-state index in [1.54, 1.807) is 11.8 Å². The molecule has 0 aliphatic heterocycles. The van der Waals surface area contributed by atoms with E-state index < -0.39 is 6.04 Å². The average molecular weight is 397 g/mol. The number of carbonyl (C=O) groups excluding carboxylic acids is 2. The molecule has 0 radical (unpaired) electrons. The Balaban J connectivity index is 2.13. The molecule has 156 valence electrons. The Labute approximate surface area is 174 Å². The number of ether oxygens (including phenoxy) is 1. The molecule has 0 heterocycles. The highest BCUT2D eigenvalue weighted by Crippen LogP contribution is 2.14. The highest BCUT2D eigenvalue weighted by Gasteiger charge is 2.27. The van der Waals surface area contributed by atoms with E-state index in [4.69, 9.17) is 4.74 Å². The predicted molar refractivity (Wildman–Crippen MR) is 116 cm³/mol. The van der Waals surface area contributed by atoms with Crippen molar-refractivity contribution in [1.29, 1.82) is 0 Å². The van der Waals surface area contributed by atoms with E-state index in [0.717, 1.165) is 23.1 Å². The number of carbonyl (C=O) groups is 2. The lowest BCUT2D eigenvalue weighted by Gasteiger charge is -2.29. The molecule has 1 N–H and O–H groups in total. The minimum absolute atomic E-state index is 0.0603. The predicted octanol–water partition coefficient (Wildman–Crippen LogP) is 4.01. The Morgan fingerprint density at radius 3 is 2.07 bits per heavy atom. The number of aryl methyl sites for hydroxylation is 2. The first-order valence-corrected chi connectivity index (χ1v) is 10.1. The van der Waals surface area contributed by atoms with Crippen molar-refractivity contribution in [3.63, 3.8) is 0 Å². The molecule has 2 aromatic rings. The van der Waals surface area contributed by atoms with E-state index in [-0.39, 0.29) is 24.5 Å². The summed E-state index contributed by atoms with van der Waals surface area (Å²) < 4.78 is 5.67. The van der Waals surface area contributed by atoms with Gasteiger partial charge in [-0.1, -0.05) is 54.4 Å². The van der Waals surface area contributed by atoms with Gasteiger partial charge in [0.1, 0.15) is 11.8 Å². The molecule has 0 aromatic heterocycles. The van der Waals surface area contributed by atoms with Crippen LogP contribution in [-0.4, -0.2) is 35.4 Å². The Kier molecular flexibility index (Phi) is 8.25.